The number of allylic oxidation sites excluding steroid dienone is 1. The van der Waals surface area contributed by atoms with E-state index in [1.807, 2.05) is 12.1 Å². The van der Waals surface area contributed by atoms with Gasteiger partial charge in [0.1, 0.15) is 0 Å². The lowest BCUT2D eigenvalue weighted by atomic mass is 9.53. The quantitative estimate of drug-likeness (QED) is 0.387. The van der Waals surface area contributed by atoms with E-state index in [9.17, 15) is 9.90 Å². The average molecular weight is 503 g/mol. The Morgan fingerprint density at radius 3 is 1.92 bits per heavy atom. The Hall–Kier alpha value is -1.68. The Bertz CT molecular complexity index is 1020. The molecule has 0 heterocycles. The third-order valence-corrected chi connectivity index (χ3v) is 15.5. The number of hydrogen-bond acceptors (Lipinski definition) is 2. The summed E-state index contributed by atoms with van der Waals surface area (Å²) >= 11 is 0. The van der Waals surface area contributed by atoms with Crippen molar-refractivity contribution in [1.29, 1.82) is 0 Å². The van der Waals surface area contributed by atoms with Gasteiger partial charge in [-0.25, -0.2) is 0 Å². The van der Waals surface area contributed by atoms with E-state index in [1.165, 1.54) is 24.8 Å². The predicted octanol–water partition coefficient (Wildman–Crippen LogP) is 6.03. The highest BCUT2D eigenvalue weighted by Gasteiger charge is 2.61. The first-order valence-corrected chi connectivity index (χ1v) is 16.3. The molecule has 2 nitrogen and oxygen atoms in total. The Kier molecular flexibility index (Phi) is 7.13. The van der Waals surface area contributed by atoms with E-state index in [1.54, 1.807) is 0 Å². The van der Waals surface area contributed by atoms with Crippen molar-refractivity contribution >= 4 is 18.7 Å². The first-order chi connectivity index (χ1) is 17.2. The van der Waals surface area contributed by atoms with Gasteiger partial charge in [0.2, 0.25) is 0 Å². The maximum atomic E-state index is 13.0. The highest BCUT2D eigenvalue weighted by atomic mass is 28.4. The number of aliphatic hydroxyl groups is 1. The molecule has 194 valence electrons. The molecule has 0 spiro atoms. The molecule has 0 bridgehead atoms. The van der Waals surface area contributed by atoms with Crippen molar-refractivity contribution in [2.45, 2.75) is 65.3 Å². The van der Waals surface area contributed by atoms with E-state index in [4.69, 9.17) is 0 Å². The zero-order valence-electron chi connectivity index (χ0n) is 22.9. The van der Waals surface area contributed by atoms with Gasteiger partial charge in [0, 0.05) is 0 Å². The topological polar surface area (TPSA) is 40.5 Å². The zero-order valence-corrected chi connectivity index (χ0v) is 23.9. The molecular weight excluding hydrogens is 456 g/mol. The molecule has 0 aliphatic heterocycles. The molecule has 0 aromatic heterocycles. The van der Waals surface area contributed by atoms with Gasteiger partial charge >= 0.3 is 0 Å². The molecule has 0 radical (unpaired) electrons. The Morgan fingerprint density at radius 1 is 0.806 bits per heavy atom. The molecule has 2 N–H and O–H groups in total. The summed E-state index contributed by atoms with van der Waals surface area (Å²) in [5, 5.41) is 12.1. The lowest BCUT2D eigenvalue weighted by molar-refractivity contribution is -0.0207. The maximum absolute atomic E-state index is 13.0. The molecule has 8 atom stereocenters. The summed E-state index contributed by atoms with van der Waals surface area (Å²) in [7, 11) is -3.15. The second-order valence-electron chi connectivity index (χ2n) is 13.0. The Morgan fingerprint density at radius 2 is 1.36 bits per heavy atom. The lowest BCUT2D eigenvalue weighted by Crippen LogP contribution is -2.67. The number of hydrogen-bond donors (Lipinski definition) is 2. The minimum absolute atomic E-state index is 0.0918. The van der Waals surface area contributed by atoms with Crippen molar-refractivity contribution in [3.05, 3.63) is 72.3 Å². The van der Waals surface area contributed by atoms with Crippen LogP contribution < -0.4 is 10.4 Å². The van der Waals surface area contributed by atoms with Gasteiger partial charge in [-0.2, -0.15) is 0 Å². The molecule has 2 aromatic carbocycles. The van der Waals surface area contributed by atoms with Crippen molar-refractivity contribution in [2.24, 2.45) is 47.3 Å². The number of fused-ring (bicyclic) bond motifs is 3. The summed E-state index contributed by atoms with van der Waals surface area (Å²) in [5.41, 5.74) is 1.45. The predicted molar refractivity (Wildman–Crippen MR) is 153 cm³/mol. The Balaban J connectivity index is 1.63. The van der Waals surface area contributed by atoms with Crippen LogP contribution in [-0.2, 0) is 0 Å². The number of rotatable bonds is 5. The molecule has 36 heavy (non-hydrogen) atoms. The summed E-state index contributed by atoms with van der Waals surface area (Å²) in [4.78, 5) is 13.0. The van der Waals surface area contributed by atoms with Crippen LogP contribution in [0.5, 0.6) is 0 Å². The monoisotopic (exact) mass is 502 g/mol. The van der Waals surface area contributed by atoms with Crippen LogP contribution in [0.4, 0.5) is 0 Å². The summed E-state index contributed by atoms with van der Waals surface area (Å²) in [5.74, 6) is 5.24. The third-order valence-electron chi connectivity index (χ3n) is 11.0. The second-order valence-corrected chi connectivity index (χ2v) is 16.9. The van der Waals surface area contributed by atoms with Crippen LogP contribution in [0.1, 0.15) is 60.3 Å². The maximum Gasteiger partial charge on any atom is 0.258 e. The van der Waals surface area contributed by atoms with Crippen molar-refractivity contribution < 1.29 is 9.90 Å². The summed E-state index contributed by atoms with van der Waals surface area (Å²) in [6.07, 6.45) is 7.32. The molecule has 0 saturated heterocycles. The number of benzene rings is 2. The molecular formula is C33H46O2Si. The fourth-order valence-corrected chi connectivity index (χ4v) is 13.2. The summed E-state index contributed by atoms with van der Waals surface area (Å²) in [6, 6.07) is 20.9. The van der Waals surface area contributed by atoms with Crippen LogP contribution in [0.2, 0.25) is 5.04 Å². The normalized spacial score (nSPS) is 35.9. The minimum Gasteiger partial charge on any atom is -0.424 e. The molecule has 3 aliphatic carbocycles. The highest BCUT2D eigenvalue weighted by Crippen LogP contribution is 2.65. The Labute approximate surface area is 220 Å². The smallest absolute Gasteiger partial charge is 0.258 e. The minimum atomic E-state index is -3.15. The van der Waals surface area contributed by atoms with Crippen LogP contribution >= 0.6 is 0 Å². The molecule has 3 heteroatoms. The lowest BCUT2D eigenvalue weighted by Gasteiger charge is -2.52. The molecule has 3 fully saturated rings. The summed E-state index contributed by atoms with van der Waals surface area (Å²) < 4.78 is 0. The van der Waals surface area contributed by atoms with E-state index in [0.717, 1.165) is 40.5 Å². The third kappa shape index (κ3) is 3.97. The molecule has 1 unspecified atom stereocenters. The largest absolute Gasteiger partial charge is 0.424 e. The van der Waals surface area contributed by atoms with Gasteiger partial charge in [-0.1, -0.05) is 120 Å². The second kappa shape index (κ2) is 9.89. The highest BCUT2D eigenvalue weighted by molar-refractivity contribution is 6.98. The molecule has 0 amide bonds. The van der Waals surface area contributed by atoms with Gasteiger partial charge < -0.3 is 9.90 Å². The first-order valence-electron chi connectivity index (χ1n) is 14.4. The molecule has 2 aromatic rings. The average Bonchev–Trinajstić information content (AvgIpc) is 3.27. The van der Waals surface area contributed by atoms with E-state index in [0.29, 0.717) is 17.8 Å². The SMILES string of the molecule is C[C@H]1CC[C@H](C)[C@H]2[C@@H]3CC(C(C)(C)[Si](O)(c4ccccc4)c4ccccc4)/C(=C/CO)[C@@H]3[C@@H](C)C[C@H]21. The van der Waals surface area contributed by atoms with E-state index in [-0.39, 0.29) is 17.6 Å². The van der Waals surface area contributed by atoms with E-state index >= 15 is 0 Å². The van der Waals surface area contributed by atoms with Crippen LogP contribution in [0.15, 0.2) is 72.3 Å². The fraction of sp³-hybridized carbons (Fsp3) is 0.576. The van der Waals surface area contributed by atoms with Crippen LogP contribution in [0.3, 0.4) is 0 Å². The summed E-state index contributed by atoms with van der Waals surface area (Å²) in [6.45, 7) is 12.2. The van der Waals surface area contributed by atoms with Crippen molar-refractivity contribution in [3.8, 4) is 0 Å². The van der Waals surface area contributed by atoms with Gasteiger partial charge in [-0.05, 0) is 75.6 Å². The van der Waals surface area contributed by atoms with Gasteiger partial charge in [0.25, 0.3) is 8.32 Å². The van der Waals surface area contributed by atoms with Crippen molar-refractivity contribution in [3.63, 3.8) is 0 Å². The molecule has 3 aliphatic rings. The van der Waals surface area contributed by atoms with Crippen molar-refractivity contribution in [1.82, 2.24) is 0 Å². The fourth-order valence-electron chi connectivity index (χ4n) is 9.24. The standard InChI is InChI=1S/C33H46O2Si/c1-22-16-17-23(2)31-28(22)20-24(3)32-27(18-19-34)30(21-29(31)32)33(4,5)36(35,25-12-8-6-9-13-25)26-14-10-7-11-15-26/h6-15,18,22-24,28-32,34-35H,16-17,19-21H2,1-5H3/b27-18-/t22-,23-,24-,28-,29-,30?,31+,32-/m0/s1. The van der Waals surface area contributed by atoms with Crippen molar-refractivity contribution in [2.75, 3.05) is 6.61 Å². The van der Waals surface area contributed by atoms with Gasteiger partial charge in [0.15, 0.2) is 0 Å². The molecule has 3 saturated carbocycles. The molecule has 5 rings (SSSR count). The first kappa shape index (κ1) is 25.9. The van der Waals surface area contributed by atoms with Crippen LogP contribution in [-0.4, -0.2) is 24.8 Å². The van der Waals surface area contributed by atoms with Crippen LogP contribution in [0.25, 0.3) is 0 Å². The van der Waals surface area contributed by atoms with E-state index < -0.39 is 8.32 Å². The van der Waals surface area contributed by atoms with Gasteiger partial charge in [-0.15, -0.1) is 0 Å². The number of aliphatic hydroxyl groups excluding tert-OH is 1. The van der Waals surface area contributed by atoms with Gasteiger partial charge in [-0.3, -0.25) is 0 Å². The van der Waals surface area contributed by atoms with Gasteiger partial charge in [0.05, 0.1) is 6.61 Å². The van der Waals surface area contributed by atoms with E-state index in [2.05, 4.69) is 89.2 Å². The zero-order chi connectivity index (χ0) is 25.7. The van der Waals surface area contributed by atoms with Crippen LogP contribution in [0, 0.1) is 47.3 Å².